The van der Waals surface area contributed by atoms with Crippen molar-refractivity contribution < 1.29 is 13.6 Å². The zero-order valence-electron chi connectivity index (χ0n) is 18.7. The van der Waals surface area contributed by atoms with E-state index in [0.717, 1.165) is 24.1 Å². The fourth-order valence-electron chi connectivity index (χ4n) is 3.91. The fourth-order valence-corrected chi connectivity index (χ4v) is 3.91. The summed E-state index contributed by atoms with van der Waals surface area (Å²) in [7, 11) is 1.87. The van der Waals surface area contributed by atoms with Gasteiger partial charge in [0.1, 0.15) is 5.52 Å². The minimum Gasteiger partial charge on any atom is -0.364 e. The highest BCUT2D eigenvalue weighted by atomic mass is 19.3. The number of anilines is 2. The zero-order chi connectivity index (χ0) is 24.0. The Labute approximate surface area is 193 Å². The molecule has 12 heteroatoms. The molecule has 3 N–H and O–H groups in total. The highest BCUT2D eigenvalue weighted by Gasteiger charge is 2.32. The molecule has 4 aromatic rings. The van der Waals surface area contributed by atoms with E-state index < -0.39 is 12.3 Å². The molecule has 1 aliphatic rings. The van der Waals surface area contributed by atoms with E-state index in [1.54, 1.807) is 25.6 Å². The van der Waals surface area contributed by atoms with Crippen molar-refractivity contribution in [2.45, 2.75) is 45.1 Å². The largest absolute Gasteiger partial charge is 0.364 e. The van der Waals surface area contributed by atoms with Crippen LogP contribution in [0.1, 0.15) is 47.1 Å². The molecule has 1 fully saturated rings. The average molecular weight is 467 g/mol. The molecule has 1 aliphatic carbocycles. The summed E-state index contributed by atoms with van der Waals surface area (Å²) >= 11 is 0. The van der Waals surface area contributed by atoms with Crippen LogP contribution < -0.4 is 11.1 Å². The van der Waals surface area contributed by atoms with Crippen LogP contribution >= 0.6 is 0 Å². The normalized spacial score (nSPS) is 13.7. The SMILES string of the molecule is Cc1c(Nc2nc(C3CC3)c(-c3cncc4c3ncn4C)nc2C(N)=O)cnn1CCC(F)F. The molecule has 0 spiro atoms. The Hall–Kier alpha value is -3.96. The van der Waals surface area contributed by atoms with Crippen LogP contribution in [0.25, 0.3) is 22.3 Å². The molecule has 1 saturated carbocycles. The Morgan fingerprint density at radius 1 is 1.26 bits per heavy atom. The Bertz CT molecular complexity index is 1390. The number of primary amides is 1. The van der Waals surface area contributed by atoms with E-state index in [2.05, 4.69) is 25.4 Å². The summed E-state index contributed by atoms with van der Waals surface area (Å²) in [5.74, 6) is -0.350. The van der Waals surface area contributed by atoms with Gasteiger partial charge in [0.15, 0.2) is 11.5 Å². The second-order valence-electron chi connectivity index (χ2n) is 8.38. The van der Waals surface area contributed by atoms with Crippen LogP contribution in [-0.4, -0.2) is 46.6 Å². The third-order valence-electron chi connectivity index (χ3n) is 5.93. The summed E-state index contributed by atoms with van der Waals surface area (Å²) in [6.45, 7) is 1.83. The molecule has 10 nitrogen and oxygen atoms in total. The average Bonchev–Trinajstić information content (AvgIpc) is 3.51. The van der Waals surface area contributed by atoms with Crippen LogP contribution in [0.5, 0.6) is 0 Å². The Kier molecular flexibility index (Phi) is 5.42. The lowest BCUT2D eigenvalue weighted by Gasteiger charge is -2.14. The Morgan fingerprint density at radius 3 is 2.76 bits per heavy atom. The van der Waals surface area contributed by atoms with Crippen molar-refractivity contribution in [1.82, 2.24) is 34.3 Å². The Morgan fingerprint density at radius 2 is 2.06 bits per heavy atom. The van der Waals surface area contributed by atoms with Gasteiger partial charge < -0.3 is 15.6 Å². The molecular weight excluding hydrogens is 444 g/mol. The van der Waals surface area contributed by atoms with Crippen molar-refractivity contribution in [3.8, 4) is 11.3 Å². The molecule has 176 valence electrons. The van der Waals surface area contributed by atoms with E-state index in [9.17, 15) is 13.6 Å². The van der Waals surface area contributed by atoms with Crippen LogP contribution in [0.3, 0.4) is 0 Å². The summed E-state index contributed by atoms with van der Waals surface area (Å²) in [5, 5.41) is 7.26. The number of carbonyl (C=O) groups excluding carboxylic acids is 1. The monoisotopic (exact) mass is 467 g/mol. The topological polar surface area (TPSA) is 129 Å². The molecular formula is C22H23F2N9O. The highest BCUT2D eigenvalue weighted by Crippen LogP contribution is 2.44. The molecule has 0 bridgehead atoms. The van der Waals surface area contributed by atoms with Gasteiger partial charge in [0.25, 0.3) is 5.91 Å². The summed E-state index contributed by atoms with van der Waals surface area (Å²) < 4.78 is 28.6. The number of fused-ring (bicyclic) bond motifs is 1. The molecule has 4 aromatic heterocycles. The second kappa shape index (κ2) is 8.43. The maximum absolute atomic E-state index is 12.6. The number of aryl methyl sites for hydroxylation is 2. The number of amides is 1. The first-order valence-electron chi connectivity index (χ1n) is 10.9. The molecule has 0 radical (unpaired) electrons. The maximum atomic E-state index is 12.6. The molecule has 0 saturated heterocycles. The number of hydrogen-bond donors (Lipinski definition) is 2. The minimum atomic E-state index is -2.42. The van der Waals surface area contributed by atoms with Crippen LogP contribution in [0.15, 0.2) is 24.9 Å². The quantitative estimate of drug-likeness (QED) is 0.407. The van der Waals surface area contributed by atoms with Gasteiger partial charge in [-0.2, -0.15) is 5.10 Å². The molecule has 0 unspecified atom stereocenters. The number of pyridine rings is 1. The number of halogens is 2. The fraction of sp³-hybridized carbons (Fsp3) is 0.364. The van der Waals surface area contributed by atoms with Crippen LogP contribution in [0.4, 0.5) is 20.3 Å². The molecule has 1 amide bonds. The lowest BCUT2D eigenvalue weighted by molar-refractivity contribution is 0.0996. The molecule has 5 rings (SSSR count). The van der Waals surface area contributed by atoms with Gasteiger partial charge >= 0.3 is 0 Å². The zero-order valence-corrected chi connectivity index (χ0v) is 18.7. The molecule has 0 aromatic carbocycles. The summed E-state index contributed by atoms with van der Waals surface area (Å²) in [4.78, 5) is 30.6. The number of imidazole rings is 1. The lowest BCUT2D eigenvalue weighted by Crippen LogP contribution is -2.18. The van der Waals surface area contributed by atoms with E-state index in [0.29, 0.717) is 28.2 Å². The van der Waals surface area contributed by atoms with Crippen molar-refractivity contribution in [2.75, 3.05) is 5.32 Å². The third-order valence-corrected chi connectivity index (χ3v) is 5.93. The van der Waals surface area contributed by atoms with E-state index in [-0.39, 0.29) is 30.4 Å². The van der Waals surface area contributed by atoms with Crippen molar-refractivity contribution >= 4 is 28.4 Å². The van der Waals surface area contributed by atoms with Gasteiger partial charge in [-0.25, -0.2) is 23.7 Å². The number of alkyl halides is 2. The number of aromatic nitrogens is 7. The first-order chi connectivity index (χ1) is 16.3. The maximum Gasteiger partial charge on any atom is 0.271 e. The lowest BCUT2D eigenvalue weighted by atomic mass is 10.1. The van der Waals surface area contributed by atoms with Gasteiger partial charge in [0.2, 0.25) is 6.43 Å². The van der Waals surface area contributed by atoms with Gasteiger partial charge in [0.05, 0.1) is 47.0 Å². The third kappa shape index (κ3) is 3.95. The number of nitrogens with one attached hydrogen (secondary N) is 1. The van der Waals surface area contributed by atoms with E-state index in [1.165, 1.54) is 10.9 Å². The summed E-state index contributed by atoms with van der Waals surface area (Å²) in [6, 6.07) is 0. The molecule has 34 heavy (non-hydrogen) atoms. The number of rotatable bonds is 8. The highest BCUT2D eigenvalue weighted by molar-refractivity contribution is 5.98. The summed E-state index contributed by atoms with van der Waals surface area (Å²) in [5.41, 5.74) is 10.3. The van der Waals surface area contributed by atoms with Gasteiger partial charge in [-0.05, 0) is 19.8 Å². The number of hydrogen-bond acceptors (Lipinski definition) is 7. The number of nitrogens with zero attached hydrogens (tertiary/aromatic N) is 7. The van der Waals surface area contributed by atoms with Crippen molar-refractivity contribution in [1.29, 1.82) is 0 Å². The molecule has 0 aliphatic heterocycles. The Balaban J connectivity index is 1.59. The van der Waals surface area contributed by atoms with Crippen molar-refractivity contribution in [3.05, 3.63) is 42.0 Å². The first kappa shape index (κ1) is 21.9. The van der Waals surface area contributed by atoms with Gasteiger partial charge in [0, 0.05) is 37.7 Å². The predicted octanol–water partition coefficient (Wildman–Crippen LogP) is 3.31. The van der Waals surface area contributed by atoms with Gasteiger partial charge in [-0.1, -0.05) is 0 Å². The number of nitrogens with two attached hydrogens (primary N) is 1. The smallest absolute Gasteiger partial charge is 0.271 e. The standard InChI is InChI=1S/C22H23F2N9O/c1-11-14(8-28-33(11)6-5-16(23)24)29-22-20(21(25)34)30-19(17(31-22)12-3-4-12)13-7-26-9-15-18(13)27-10-32(15)2/h7-10,12,16H,3-6H2,1-2H3,(H2,25,34)(H,29,31). The van der Waals surface area contributed by atoms with Crippen molar-refractivity contribution in [3.63, 3.8) is 0 Å². The van der Waals surface area contributed by atoms with Crippen LogP contribution in [0.2, 0.25) is 0 Å². The first-order valence-corrected chi connectivity index (χ1v) is 10.9. The minimum absolute atomic E-state index is 0.0351. The second-order valence-corrected chi connectivity index (χ2v) is 8.38. The number of carbonyl (C=O) groups is 1. The molecule has 0 atom stereocenters. The van der Waals surface area contributed by atoms with E-state index in [4.69, 9.17) is 10.7 Å². The van der Waals surface area contributed by atoms with E-state index >= 15 is 0 Å². The molecule has 4 heterocycles. The summed E-state index contributed by atoms with van der Waals surface area (Å²) in [6.07, 6.45) is 5.77. The van der Waals surface area contributed by atoms with E-state index in [1.807, 2.05) is 11.6 Å². The van der Waals surface area contributed by atoms with Gasteiger partial charge in [-0.15, -0.1) is 0 Å². The van der Waals surface area contributed by atoms with Crippen LogP contribution in [0, 0.1) is 6.92 Å². The van der Waals surface area contributed by atoms with Crippen molar-refractivity contribution in [2.24, 2.45) is 12.8 Å². The van der Waals surface area contributed by atoms with Gasteiger partial charge in [-0.3, -0.25) is 14.5 Å². The predicted molar refractivity (Wildman–Crippen MR) is 121 cm³/mol. The van der Waals surface area contributed by atoms with Crippen LogP contribution in [-0.2, 0) is 13.6 Å².